The van der Waals surface area contributed by atoms with E-state index in [-0.39, 0.29) is 5.91 Å². The molecule has 5 heteroatoms. The second-order valence-corrected chi connectivity index (χ2v) is 8.04. The average molecular weight is 336 g/mol. The lowest BCUT2D eigenvalue weighted by molar-refractivity contribution is 0.0764. The predicted molar refractivity (Wildman–Crippen MR) is 95.0 cm³/mol. The lowest BCUT2D eigenvalue weighted by Gasteiger charge is -2.28. The Morgan fingerprint density at radius 3 is 2.74 bits per heavy atom. The minimum Gasteiger partial charge on any atom is -0.337 e. The first-order valence-electron chi connectivity index (χ1n) is 9.22. The third-order valence-corrected chi connectivity index (χ3v) is 6.31. The van der Waals surface area contributed by atoms with Crippen LogP contribution in [0.3, 0.4) is 0 Å². The summed E-state index contributed by atoms with van der Waals surface area (Å²) in [5.74, 6) is 1.07. The van der Waals surface area contributed by atoms with Crippen LogP contribution in [-0.2, 0) is 6.42 Å². The Kier molecular flexibility index (Phi) is 6.06. The van der Waals surface area contributed by atoms with Crippen molar-refractivity contribution in [3.63, 3.8) is 0 Å². The van der Waals surface area contributed by atoms with Crippen molar-refractivity contribution in [2.45, 2.75) is 51.9 Å². The molecule has 1 saturated carbocycles. The van der Waals surface area contributed by atoms with Gasteiger partial charge in [-0.1, -0.05) is 26.2 Å². The Balaban J connectivity index is 1.52. The number of nitrogens with zero attached hydrogens (tertiary/aromatic N) is 3. The zero-order chi connectivity index (χ0) is 16.1. The molecule has 1 saturated heterocycles. The van der Waals surface area contributed by atoms with E-state index in [0.29, 0.717) is 0 Å². The van der Waals surface area contributed by atoms with E-state index in [1.54, 1.807) is 17.5 Å². The number of aryl methyl sites for hydroxylation is 1. The Bertz CT molecular complexity index is 510. The van der Waals surface area contributed by atoms with Gasteiger partial charge in [-0.2, -0.15) is 0 Å². The summed E-state index contributed by atoms with van der Waals surface area (Å²) in [6.07, 6.45) is 10.8. The molecule has 2 aliphatic rings. The van der Waals surface area contributed by atoms with Crippen LogP contribution in [0.25, 0.3) is 0 Å². The highest BCUT2D eigenvalue weighted by molar-refractivity contribution is 7.13. The normalized spacial score (nSPS) is 21.3. The van der Waals surface area contributed by atoms with Gasteiger partial charge in [0.25, 0.3) is 5.91 Å². The van der Waals surface area contributed by atoms with Gasteiger partial charge in [-0.25, -0.2) is 4.98 Å². The monoisotopic (exact) mass is 335 g/mol. The molecule has 0 aromatic carbocycles. The average Bonchev–Trinajstić information content (AvgIpc) is 2.95. The van der Waals surface area contributed by atoms with E-state index in [4.69, 9.17) is 0 Å². The van der Waals surface area contributed by atoms with Crippen LogP contribution in [0.2, 0.25) is 0 Å². The van der Waals surface area contributed by atoms with Crippen molar-refractivity contribution in [1.29, 1.82) is 0 Å². The molecule has 2 fully saturated rings. The topological polar surface area (TPSA) is 36.4 Å². The van der Waals surface area contributed by atoms with E-state index in [9.17, 15) is 4.79 Å². The number of amides is 1. The highest BCUT2D eigenvalue weighted by atomic mass is 32.1. The van der Waals surface area contributed by atoms with Crippen LogP contribution in [0.15, 0.2) is 6.20 Å². The standard InChI is InChI=1S/C18H29N3OS/c1-2-17-19-13-16(23-17)18(22)21-10-6-9-20(11-12-21)14-15-7-4-3-5-8-15/h13,15H,2-12,14H2,1H3. The minimum atomic E-state index is 0.182. The summed E-state index contributed by atoms with van der Waals surface area (Å²) in [5.41, 5.74) is 0. The first-order chi connectivity index (χ1) is 11.3. The van der Waals surface area contributed by atoms with Gasteiger partial charge in [-0.3, -0.25) is 4.79 Å². The number of aromatic nitrogens is 1. The van der Waals surface area contributed by atoms with Gasteiger partial charge in [0.1, 0.15) is 4.88 Å². The molecular weight excluding hydrogens is 306 g/mol. The maximum Gasteiger partial charge on any atom is 0.265 e. The van der Waals surface area contributed by atoms with Gasteiger partial charge in [-0.15, -0.1) is 11.3 Å². The Hall–Kier alpha value is -0.940. The van der Waals surface area contributed by atoms with Crippen LogP contribution in [0, 0.1) is 5.92 Å². The van der Waals surface area contributed by atoms with Crippen LogP contribution in [0.1, 0.15) is 60.1 Å². The summed E-state index contributed by atoms with van der Waals surface area (Å²) in [7, 11) is 0. The van der Waals surface area contributed by atoms with Crippen LogP contribution in [0.4, 0.5) is 0 Å². The van der Waals surface area contributed by atoms with Crippen LogP contribution in [0.5, 0.6) is 0 Å². The molecule has 1 aromatic rings. The molecule has 0 N–H and O–H groups in total. The van der Waals surface area contributed by atoms with Crippen molar-refractivity contribution >= 4 is 17.2 Å². The van der Waals surface area contributed by atoms with Crippen LogP contribution < -0.4 is 0 Å². The molecule has 2 heterocycles. The summed E-state index contributed by atoms with van der Waals surface area (Å²) in [6, 6.07) is 0. The number of thiazole rings is 1. The fourth-order valence-electron chi connectivity index (χ4n) is 3.82. The lowest BCUT2D eigenvalue weighted by atomic mass is 9.89. The summed E-state index contributed by atoms with van der Waals surface area (Å²) in [6.45, 7) is 7.25. The lowest BCUT2D eigenvalue weighted by Crippen LogP contribution is -2.36. The highest BCUT2D eigenvalue weighted by Crippen LogP contribution is 2.25. The summed E-state index contributed by atoms with van der Waals surface area (Å²) < 4.78 is 0. The van der Waals surface area contributed by atoms with E-state index >= 15 is 0 Å². The van der Waals surface area contributed by atoms with Crippen molar-refractivity contribution in [3.05, 3.63) is 16.1 Å². The van der Waals surface area contributed by atoms with E-state index < -0.39 is 0 Å². The number of carbonyl (C=O) groups excluding carboxylic acids is 1. The molecule has 1 aromatic heterocycles. The third-order valence-electron chi connectivity index (χ3n) is 5.18. The Morgan fingerprint density at radius 2 is 2.00 bits per heavy atom. The molecule has 0 radical (unpaired) electrons. The first-order valence-corrected chi connectivity index (χ1v) is 10.0. The van der Waals surface area contributed by atoms with Crippen molar-refractivity contribution in [2.24, 2.45) is 5.92 Å². The molecule has 0 bridgehead atoms. The molecule has 0 atom stereocenters. The number of rotatable bonds is 4. The van der Waals surface area contributed by atoms with E-state index in [2.05, 4.69) is 16.8 Å². The molecule has 0 spiro atoms. The van der Waals surface area contributed by atoms with Crippen molar-refractivity contribution < 1.29 is 4.79 Å². The number of hydrogen-bond acceptors (Lipinski definition) is 4. The quantitative estimate of drug-likeness (QED) is 0.846. The molecule has 0 unspecified atom stereocenters. The molecule has 1 amide bonds. The van der Waals surface area contributed by atoms with Crippen LogP contribution in [-0.4, -0.2) is 53.4 Å². The predicted octanol–water partition coefficient (Wildman–Crippen LogP) is 3.43. The zero-order valence-corrected chi connectivity index (χ0v) is 15.1. The molecular formula is C18H29N3OS. The van der Waals surface area contributed by atoms with Crippen molar-refractivity contribution in [3.8, 4) is 0 Å². The van der Waals surface area contributed by atoms with Crippen molar-refractivity contribution in [2.75, 3.05) is 32.7 Å². The fourth-order valence-corrected chi connectivity index (χ4v) is 4.65. The summed E-state index contributed by atoms with van der Waals surface area (Å²) in [5, 5.41) is 1.06. The summed E-state index contributed by atoms with van der Waals surface area (Å²) in [4.78, 5) is 22.4. The third kappa shape index (κ3) is 4.54. The Morgan fingerprint density at radius 1 is 1.17 bits per heavy atom. The molecule has 1 aliphatic carbocycles. The highest BCUT2D eigenvalue weighted by Gasteiger charge is 2.23. The van der Waals surface area contributed by atoms with E-state index in [0.717, 1.165) is 54.8 Å². The summed E-state index contributed by atoms with van der Waals surface area (Å²) >= 11 is 1.55. The van der Waals surface area contributed by atoms with Crippen molar-refractivity contribution in [1.82, 2.24) is 14.8 Å². The fraction of sp³-hybridized carbons (Fsp3) is 0.778. The van der Waals surface area contributed by atoms with Gasteiger partial charge in [0, 0.05) is 26.2 Å². The van der Waals surface area contributed by atoms with Crippen LogP contribution >= 0.6 is 11.3 Å². The number of hydrogen-bond donors (Lipinski definition) is 0. The minimum absolute atomic E-state index is 0.182. The van der Waals surface area contributed by atoms with Gasteiger partial charge in [0.2, 0.25) is 0 Å². The second kappa shape index (κ2) is 8.25. The smallest absolute Gasteiger partial charge is 0.265 e. The second-order valence-electron chi connectivity index (χ2n) is 6.92. The van der Waals surface area contributed by atoms with Gasteiger partial charge in [-0.05, 0) is 38.1 Å². The Labute approximate surface area is 143 Å². The molecule has 23 heavy (non-hydrogen) atoms. The van der Waals surface area contributed by atoms with E-state index in [1.165, 1.54) is 38.6 Å². The maximum atomic E-state index is 12.7. The first kappa shape index (κ1) is 16.9. The largest absolute Gasteiger partial charge is 0.337 e. The SMILES string of the molecule is CCc1ncc(C(=O)N2CCCN(CC3CCCCC3)CC2)s1. The number of carbonyl (C=O) groups is 1. The zero-order valence-electron chi connectivity index (χ0n) is 14.3. The van der Waals surface area contributed by atoms with Gasteiger partial charge in [0.05, 0.1) is 11.2 Å². The molecule has 128 valence electrons. The molecule has 4 nitrogen and oxygen atoms in total. The van der Waals surface area contributed by atoms with Gasteiger partial charge >= 0.3 is 0 Å². The van der Waals surface area contributed by atoms with E-state index in [1.807, 2.05) is 4.90 Å². The van der Waals surface area contributed by atoms with Gasteiger partial charge < -0.3 is 9.80 Å². The molecule has 3 rings (SSSR count). The maximum absolute atomic E-state index is 12.7. The van der Waals surface area contributed by atoms with Gasteiger partial charge in [0.15, 0.2) is 0 Å². The molecule has 1 aliphatic heterocycles.